The lowest BCUT2D eigenvalue weighted by Gasteiger charge is -2.25. The first-order chi connectivity index (χ1) is 10.3. The van der Waals surface area contributed by atoms with Crippen LogP contribution in [0, 0.1) is 0 Å². The van der Waals surface area contributed by atoms with Gasteiger partial charge in [0.25, 0.3) is 0 Å². The highest BCUT2D eigenvalue weighted by Crippen LogP contribution is 2.42. The van der Waals surface area contributed by atoms with Crippen LogP contribution in [0.15, 0.2) is 29.8 Å². The topological polar surface area (TPSA) is 24.9 Å². The quantitative estimate of drug-likeness (QED) is 0.851. The van der Waals surface area contributed by atoms with E-state index >= 15 is 0 Å². The first-order valence-corrected chi connectivity index (χ1v) is 8.96. The molecule has 0 amide bonds. The van der Waals surface area contributed by atoms with E-state index < -0.39 is 0 Å². The zero-order valence-corrected chi connectivity index (χ0v) is 13.7. The van der Waals surface area contributed by atoms with Crippen LogP contribution in [-0.2, 0) is 12.8 Å². The van der Waals surface area contributed by atoms with Crippen LogP contribution in [0.2, 0.25) is 0 Å². The zero-order chi connectivity index (χ0) is 14.7. The number of hydrogen-bond acceptors (Lipinski definition) is 3. The third-order valence-corrected chi connectivity index (χ3v) is 5.50. The minimum absolute atomic E-state index is 0.427. The van der Waals surface area contributed by atoms with Gasteiger partial charge in [0.05, 0.1) is 6.04 Å². The molecule has 2 aromatic rings. The highest BCUT2D eigenvalue weighted by molar-refractivity contribution is 7.10. The van der Waals surface area contributed by atoms with Crippen molar-refractivity contribution in [3.63, 3.8) is 0 Å². The van der Waals surface area contributed by atoms with Crippen molar-refractivity contribution in [2.75, 3.05) is 6.54 Å². The van der Waals surface area contributed by atoms with E-state index in [1.165, 1.54) is 41.0 Å². The van der Waals surface area contributed by atoms with Gasteiger partial charge in [0.15, 0.2) is 0 Å². The predicted octanol–water partition coefficient (Wildman–Crippen LogP) is 4.48. The van der Waals surface area contributed by atoms with Gasteiger partial charge in [-0.2, -0.15) is 0 Å². The van der Waals surface area contributed by atoms with Crippen LogP contribution in [0.1, 0.15) is 60.3 Å². The number of rotatable bonds is 6. The first kappa shape index (κ1) is 14.7. The molecular weight excluding hydrogens is 276 g/mol. The highest BCUT2D eigenvalue weighted by atomic mass is 32.1. The van der Waals surface area contributed by atoms with Gasteiger partial charge in [-0.25, -0.2) is 0 Å². The lowest BCUT2D eigenvalue weighted by molar-refractivity contribution is 0.441. The summed E-state index contributed by atoms with van der Waals surface area (Å²) >= 11 is 1.90. The fourth-order valence-electron chi connectivity index (χ4n) is 3.40. The van der Waals surface area contributed by atoms with Crippen LogP contribution in [0.4, 0.5) is 0 Å². The summed E-state index contributed by atoms with van der Waals surface area (Å²) in [4.78, 5) is 6.22. The van der Waals surface area contributed by atoms with Crippen molar-refractivity contribution in [3.05, 3.63) is 51.5 Å². The molecule has 21 heavy (non-hydrogen) atoms. The maximum Gasteiger partial charge on any atom is 0.0502 e. The molecule has 0 bridgehead atoms. The Hall–Kier alpha value is -1.19. The Morgan fingerprint density at radius 1 is 1.38 bits per heavy atom. The van der Waals surface area contributed by atoms with Crippen molar-refractivity contribution in [1.29, 1.82) is 0 Å². The largest absolute Gasteiger partial charge is 0.309 e. The summed E-state index contributed by atoms with van der Waals surface area (Å²) in [6, 6.07) is 7.03. The van der Waals surface area contributed by atoms with Gasteiger partial charge in [0.1, 0.15) is 0 Å². The molecule has 3 heteroatoms. The van der Waals surface area contributed by atoms with Crippen LogP contribution < -0.4 is 5.32 Å². The minimum Gasteiger partial charge on any atom is -0.309 e. The molecule has 0 aromatic carbocycles. The highest BCUT2D eigenvalue weighted by Gasteiger charge is 2.33. The molecule has 2 unspecified atom stereocenters. The molecule has 0 fully saturated rings. The van der Waals surface area contributed by atoms with E-state index in [0.29, 0.717) is 12.0 Å². The van der Waals surface area contributed by atoms with Crippen molar-refractivity contribution in [3.8, 4) is 0 Å². The molecule has 0 radical (unpaired) electrons. The third-order valence-electron chi connectivity index (χ3n) is 4.46. The predicted molar refractivity (Wildman–Crippen MR) is 90.0 cm³/mol. The van der Waals surface area contributed by atoms with Crippen LogP contribution in [-0.4, -0.2) is 11.5 Å². The molecule has 2 heterocycles. The second-order valence-electron chi connectivity index (χ2n) is 5.79. The number of aromatic nitrogens is 1. The molecule has 3 rings (SSSR count). The fraction of sp³-hybridized carbons (Fsp3) is 0.500. The summed E-state index contributed by atoms with van der Waals surface area (Å²) in [5, 5.41) is 6.04. The molecule has 1 aliphatic rings. The average Bonchev–Trinajstić information content (AvgIpc) is 3.15. The van der Waals surface area contributed by atoms with Crippen molar-refractivity contribution in [2.24, 2.45) is 0 Å². The summed E-state index contributed by atoms with van der Waals surface area (Å²) in [6.07, 6.45) is 6.62. The van der Waals surface area contributed by atoms with E-state index in [1.807, 2.05) is 17.5 Å². The SMILES string of the molecule is CCCNC(c1sccc1CC)C1CCc2cccnc21. The molecule has 0 aliphatic heterocycles. The van der Waals surface area contributed by atoms with Crippen LogP contribution >= 0.6 is 11.3 Å². The summed E-state index contributed by atoms with van der Waals surface area (Å²) in [7, 11) is 0. The van der Waals surface area contributed by atoms with Crippen molar-refractivity contribution >= 4 is 11.3 Å². The van der Waals surface area contributed by atoms with E-state index in [1.54, 1.807) is 0 Å². The average molecular weight is 300 g/mol. The Kier molecular flexibility index (Phi) is 4.71. The second-order valence-corrected chi connectivity index (χ2v) is 6.74. The van der Waals surface area contributed by atoms with Gasteiger partial charge in [-0.05, 0) is 60.9 Å². The fourth-order valence-corrected chi connectivity index (χ4v) is 4.54. The van der Waals surface area contributed by atoms with Crippen molar-refractivity contribution < 1.29 is 0 Å². The molecule has 0 spiro atoms. The summed E-state index contributed by atoms with van der Waals surface area (Å²) in [5.74, 6) is 0.525. The standard InChI is InChI=1S/C18H24N2S/c1-3-10-19-17(18-13(4-2)9-12-21-18)15-8-7-14-6-5-11-20-16(14)15/h5-6,9,11-12,15,17,19H,3-4,7-8,10H2,1-2H3. The lowest BCUT2D eigenvalue weighted by atomic mass is 9.93. The van der Waals surface area contributed by atoms with Gasteiger partial charge in [0, 0.05) is 22.7 Å². The summed E-state index contributed by atoms with van der Waals surface area (Å²) in [5.41, 5.74) is 4.26. The molecule has 0 saturated carbocycles. The Balaban J connectivity index is 1.94. The number of hydrogen-bond donors (Lipinski definition) is 1. The van der Waals surface area contributed by atoms with E-state index in [-0.39, 0.29) is 0 Å². The van der Waals surface area contributed by atoms with Crippen LogP contribution in [0.25, 0.3) is 0 Å². The molecule has 2 atom stereocenters. The van der Waals surface area contributed by atoms with Crippen molar-refractivity contribution in [2.45, 2.75) is 51.5 Å². The molecule has 112 valence electrons. The first-order valence-electron chi connectivity index (χ1n) is 8.08. The van der Waals surface area contributed by atoms with Gasteiger partial charge < -0.3 is 5.32 Å². The zero-order valence-electron chi connectivity index (χ0n) is 12.9. The number of thiophene rings is 1. The van der Waals surface area contributed by atoms with E-state index in [9.17, 15) is 0 Å². The molecule has 1 N–H and O–H groups in total. The van der Waals surface area contributed by atoms with E-state index in [4.69, 9.17) is 4.98 Å². The molecular formula is C18H24N2S. The molecule has 0 saturated heterocycles. The maximum atomic E-state index is 4.70. The minimum atomic E-state index is 0.427. The smallest absolute Gasteiger partial charge is 0.0502 e. The monoisotopic (exact) mass is 300 g/mol. The number of nitrogens with zero attached hydrogens (tertiary/aromatic N) is 1. The van der Waals surface area contributed by atoms with Crippen molar-refractivity contribution in [1.82, 2.24) is 10.3 Å². The summed E-state index contributed by atoms with van der Waals surface area (Å²) in [6.45, 7) is 5.56. The normalized spacial score (nSPS) is 18.7. The number of pyridine rings is 1. The second kappa shape index (κ2) is 6.71. The van der Waals surface area contributed by atoms with Crippen LogP contribution in [0.5, 0.6) is 0 Å². The Morgan fingerprint density at radius 3 is 3.10 bits per heavy atom. The van der Waals surface area contributed by atoms with Gasteiger partial charge in [-0.15, -0.1) is 11.3 Å². The number of fused-ring (bicyclic) bond motifs is 1. The number of nitrogens with one attached hydrogen (secondary N) is 1. The van der Waals surface area contributed by atoms with Gasteiger partial charge in [-0.3, -0.25) is 4.98 Å². The Labute approximate surface area is 131 Å². The van der Waals surface area contributed by atoms with Gasteiger partial charge in [-0.1, -0.05) is 19.9 Å². The van der Waals surface area contributed by atoms with E-state index in [2.05, 4.69) is 42.7 Å². The maximum absolute atomic E-state index is 4.70. The number of aryl methyl sites for hydroxylation is 2. The molecule has 2 nitrogen and oxygen atoms in total. The Bertz CT molecular complexity index is 590. The molecule has 1 aliphatic carbocycles. The van der Waals surface area contributed by atoms with Gasteiger partial charge >= 0.3 is 0 Å². The lowest BCUT2D eigenvalue weighted by Crippen LogP contribution is -2.27. The Morgan fingerprint density at radius 2 is 2.29 bits per heavy atom. The third kappa shape index (κ3) is 2.90. The van der Waals surface area contributed by atoms with Crippen LogP contribution in [0.3, 0.4) is 0 Å². The van der Waals surface area contributed by atoms with E-state index in [0.717, 1.165) is 13.0 Å². The molecule has 2 aromatic heterocycles. The summed E-state index contributed by atoms with van der Waals surface area (Å²) < 4.78 is 0. The van der Waals surface area contributed by atoms with Gasteiger partial charge in [0.2, 0.25) is 0 Å².